The van der Waals surface area contributed by atoms with Crippen molar-refractivity contribution in [2.24, 2.45) is 0 Å². The van der Waals surface area contributed by atoms with Crippen LogP contribution in [0.5, 0.6) is 0 Å². The number of rotatable bonds is 3. The van der Waals surface area contributed by atoms with E-state index in [4.69, 9.17) is 0 Å². The molecule has 0 bridgehead atoms. The number of hydrogen-bond donors (Lipinski definition) is 0. The van der Waals surface area contributed by atoms with Crippen LogP contribution in [0.25, 0.3) is 66.1 Å². The van der Waals surface area contributed by atoms with Gasteiger partial charge in [-0.1, -0.05) is 54.6 Å². The van der Waals surface area contributed by atoms with Gasteiger partial charge in [-0.3, -0.25) is 0 Å². The Morgan fingerprint density at radius 2 is 1.02 bits per heavy atom. The van der Waals surface area contributed by atoms with Crippen molar-refractivity contribution in [2.75, 3.05) is 0 Å². The van der Waals surface area contributed by atoms with Gasteiger partial charge >= 0.3 is 12.4 Å². The molecule has 0 N–H and O–H groups in total. The second-order valence-corrected chi connectivity index (χ2v) is 11.8. The highest BCUT2D eigenvalue weighted by molar-refractivity contribution is 6.12. The first-order chi connectivity index (χ1) is 24.0. The van der Waals surface area contributed by atoms with Crippen molar-refractivity contribution in [2.45, 2.75) is 12.4 Å². The van der Waals surface area contributed by atoms with E-state index >= 15 is 13.2 Å². The molecule has 0 unspecified atom stereocenters. The zero-order valence-corrected chi connectivity index (χ0v) is 25.6. The predicted molar refractivity (Wildman–Crippen MR) is 180 cm³/mol. The number of halogens is 6. The molecule has 4 nitrogen and oxygen atoms in total. The highest BCUT2D eigenvalue weighted by atomic mass is 19.4. The molecule has 0 aliphatic carbocycles. The van der Waals surface area contributed by atoms with Gasteiger partial charge in [-0.25, -0.2) is 0 Å². The molecule has 242 valence electrons. The Kier molecular flexibility index (Phi) is 6.78. The van der Waals surface area contributed by atoms with Crippen LogP contribution in [0.15, 0.2) is 121 Å². The highest BCUT2D eigenvalue weighted by Gasteiger charge is 2.40. The highest BCUT2D eigenvalue weighted by Crippen LogP contribution is 2.48. The number of para-hydroxylation sites is 2. The molecular formula is C40H20F6N4. The summed E-state index contributed by atoms with van der Waals surface area (Å²) in [4.78, 5) is 0. The van der Waals surface area contributed by atoms with Crippen molar-refractivity contribution in [1.29, 1.82) is 10.5 Å². The molecule has 2 aromatic heterocycles. The van der Waals surface area contributed by atoms with Gasteiger partial charge in [-0.05, 0) is 72.3 Å². The maximum Gasteiger partial charge on any atom is 0.420 e. The van der Waals surface area contributed by atoms with Crippen LogP contribution in [-0.2, 0) is 12.4 Å². The van der Waals surface area contributed by atoms with E-state index in [1.165, 1.54) is 45.5 Å². The van der Waals surface area contributed by atoms with E-state index in [1.54, 1.807) is 72.8 Å². The fourth-order valence-corrected chi connectivity index (χ4v) is 6.96. The van der Waals surface area contributed by atoms with Gasteiger partial charge in [0.2, 0.25) is 0 Å². The Hall–Kier alpha value is -6.52. The largest absolute Gasteiger partial charge is 0.420 e. The summed E-state index contributed by atoms with van der Waals surface area (Å²) in [6.07, 6.45) is -9.77. The van der Waals surface area contributed by atoms with Crippen molar-refractivity contribution in [3.05, 3.63) is 144 Å². The van der Waals surface area contributed by atoms with Crippen LogP contribution in [-0.4, -0.2) is 9.13 Å². The lowest BCUT2D eigenvalue weighted by Crippen LogP contribution is -2.17. The van der Waals surface area contributed by atoms with Gasteiger partial charge < -0.3 is 9.13 Å². The molecule has 8 aromatic rings. The third kappa shape index (κ3) is 4.68. The molecule has 0 radical (unpaired) electrons. The van der Waals surface area contributed by atoms with Crippen molar-refractivity contribution >= 4 is 43.6 Å². The Balaban J connectivity index is 1.60. The molecular weight excluding hydrogens is 650 g/mol. The first-order valence-corrected chi connectivity index (χ1v) is 15.3. The first kappa shape index (κ1) is 30.8. The molecule has 0 atom stereocenters. The quantitative estimate of drug-likeness (QED) is 0.176. The predicted octanol–water partition coefficient (Wildman–Crippen LogP) is 11.3. The molecule has 50 heavy (non-hydrogen) atoms. The second-order valence-electron chi connectivity index (χ2n) is 11.8. The Morgan fingerprint density at radius 1 is 0.480 bits per heavy atom. The average molecular weight is 671 g/mol. The standard InChI is InChI=1S/C40H20F6N4/c41-39(42,43)26-7-5-6-25(20-26)27-14-17-36(49-32-10-3-1-8-28(32)30-18-23(21-47)12-15-34(30)49)37(40(44,45)46)38(27)50-33-11-4-2-9-29(33)31-19-24(22-48)13-16-35(31)50/h1-20H. The van der Waals surface area contributed by atoms with Gasteiger partial charge in [0.05, 0.1) is 62.3 Å². The number of aromatic nitrogens is 2. The summed E-state index contributed by atoms with van der Waals surface area (Å²) in [5.41, 5.74) is -0.652. The summed E-state index contributed by atoms with van der Waals surface area (Å²) in [6.45, 7) is 0. The molecule has 0 saturated carbocycles. The fourth-order valence-electron chi connectivity index (χ4n) is 6.96. The lowest BCUT2D eigenvalue weighted by molar-refractivity contribution is -0.138. The number of benzene rings is 6. The molecule has 2 heterocycles. The summed E-state index contributed by atoms with van der Waals surface area (Å²) < 4.78 is 92.9. The Morgan fingerprint density at radius 3 is 1.58 bits per heavy atom. The summed E-state index contributed by atoms with van der Waals surface area (Å²) in [5.74, 6) is 0. The van der Waals surface area contributed by atoms with Gasteiger partial charge in [0.15, 0.2) is 0 Å². The Labute approximate surface area is 279 Å². The van der Waals surface area contributed by atoms with Crippen LogP contribution in [0.1, 0.15) is 22.3 Å². The van der Waals surface area contributed by atoms with Gasteiger partial charge in [-0.15, -0.1) is 0 Å². The van der Waals surface area contributed by atoms with E-state index in [-0.39, 0.29) is 22.5 Å². The molecule has 10 heteroatoms. The summed E-state index contributed by atoms with van der Waals surface area (Å²) >= 11 is 0. The fraction of sp³-hybridized carbons (Fsp3) is 0.0500. The number of nitriles is 2. The number of alkyl halides is 6. The minimum atomic E-state index is -5.03. The molecule has 0 amide bonds. The minimum absolute atomic E-state index is 0.0627. The molecule has 0 fully saturated rings. The van der Waals surface area contributed by atoms with Gasteiger partial charge in [0, 0.05) is 27.1 Å². The Bertz CT molecular complexity index is 2770. The lowest BCUT2D eigenvalue weighted by Gasteiger charge is -2.24. The molecule has 6 aromatic carbocycles. The van der Waals surface area contributed by atoms with Crippen LogP contribution in [0.3, 0.4) is 0 Å². The zero-order valence-electron chi connectivity index (χ0n) is 25.6. The van der Waals surface area contributed by atoms with Gasteiger partial charge in [0.25, 0.3) is 0 Å². The molecule has 0 saturated heterocycles. The average Bonchev–Trinajstić information content (AvgIpc) is 3.62. The number of nitrogens with zero attached hydrogens (tertiary/aromatic N) is 4. The molecule has 0 aliphatic rings. The maximum absolute atomic E-state index is 16.0. The minimum Gasteiger partial charge on any atom is -0.309 e. The SMILES string of the molecule is N#Cc1ccc2c(c1)c1ccccc1n2-c1ccc(-c2cccc(C(F)(F)F)c2)c(-n2c3ccccc3c3cc(C#N)ccc32)c1C(F)(F)F. The topological polar surface area (TPSA) is 57.4 Å². The van der Waals surface area contributed by atoms with Gasteiger partial charge in [-0.2, -0.15) is 36.9 Å². The smallest absolute Gasteiger partial charge is 0.309 e. The van der Waals surface area contributed by atoms with E-state index in [0.717, 1.165) is 12.1 Å². The summed E-state index contributed by atoms with van der Waals surface area (Å²) in [6, 6.07) is 34.2. The maximum atomic E-state index is 16.0. The van der Waals surface area contributed by atoms with Crippen LogP contribution < -0.4 is 0 Å². The third-order valence-electron chi connectivity index (χ3n) is 9.01. The molecule has 0 aliphatic heterocycles. The van der Waals surface area contributed by atoms with E-state index in [9.17, 15) is 23.7 Å². The van der Waals surface area contributed by atoms with Crippen LogP contribution in [0.4, 0.5) is 26.3 Å². The van der Waals surface area contributed by atoms with E-state index in [2.05, 4.69) is 12.1 Å². The zero-order chi connectivity index (χ0) is 34.9. The van der Waals surface area contributed by atoms with Crippen LogP contribution in [0, 0.1) is 22.7 Å². The second kappa shape index (κ2) is 11.0. The monoisotopic (exact) mass is 670 g/mol. The van der Waals surface area contributed by atoms with Crippen molar-refractivity contribution < 1.29 is 26.3 Å². The normalized spacial score (nSPS) is 12.2. The van der Waals surface area contributed by atoms with Crippen LogP contribution in [0.2, 0.25) is 0 Å². The van der Waals surface area contributed by atoms with Gasteiger partial charge in [0.1, 0.15) is 5.56 Å². The third-order valence-corrected chi connectivity index (χ3v) is 9.01. The van der Waals surface area contributed by atoms with E-state index in [1.807, 2.05) is 0 Å². The van der Waals surface area contributed by atoms with Crippen molar-refractivity contribution in [3.8, 4) is 34.6 Å². The number of hydrogen-bond acceptors (Lipinski definition) is 2. The van der Waals surface area contributed by atoms with E-state index < -0.39 is 23.5 Å². The number of fused-ring (bicyclic) bond motifs is 6. The molecule has 8 rings (SSSR count). The lowest BCUT2D eigenvalue weighted by atomic mass is 9.95. The van der Waals surface area contributed by atoms with Crippen molar-refractivity contribution in [1.82, 2.24) is 9.13 Å². The summed E-state index contributed by atoms with van der Waals surface area (Å²) in [5, 5.41) is 21.5. The summed E-state index contributed by atoms with van der Waals surface area (Å²) in [7, 11) is 0. The van der Waals surface area contributed by atoms with Crippen LogP contribution >= 0.6 is 0 Å². The van der Waals surface area contributed by atoms with E-state index in [0.29, 0.717) is 54.7 Å². The molecule has 0 spiro atoms. The van der Waals surface area contributed by atoms with Crippen molar-refractivity contribution in [3.63, 3.8) is 0 Å². The first-order valence-electron chi connectivity index (χ1n) is 15.3.